The third kappa shape index (κ3) is 6.40. The van der Waals surface area contributed by atoms with E-state index in [1.54, 1.807) is 6.08 Å². The second kappa shape index (κ2) is 10.7. The van der Waals surface area contributed by atoms with Crippen LogP contribution in [0.15, 0.2) is 36.0 Å². The average molecular weight is 365 g/mol. The summed E-state index contributed by atoms with van der Waals surface area (Å²) in [5.74, 6) is 0.174. The fourth-order valence-corrected chi connectivity index (χ4v) is 3.37. The van der Waals surface area contributed by atoms with Crippen molar-refractivity contribution in [2.75, 3.05) is 7.11 Å². The molecule has 148 valence electrons. The highest BCUT2D eigenvalue weighted by Crippen LogP contribution is 2.43. The van der Waals surface area contributed by atoms with E-state index in [-0.39, 0.29) is 5.97 Å². The summed E-state index contributed by atoms with van der Waals surface area (Å²) in [6.07, 6.45) is 15.4. The standard InChI is InChI=1S/C22H36O4/c1-7-11-12-19(8-2)15-18(5)16-22(10-4)17-21(9-3,25-26-22)14-13-20(23)24-6/h11-14,16,19H,7-10,15,17H2,1-6H3/b12-11+,14-13+,18-16+/t19-,21+,22-/m0/s1. The van der Waals surface area contributed by atoms with Crippen molar-refractivity contribution in [2.45, 2.75) is 84.3 Å². The molecule has 1 aliphatic rings. The highest BCUT2D eigenvalue weighted by Gasteiger charge is 2.47. The zero-order valence-electron chi connectivity index (χ0n) is 17.3. The summed E-state index contributed by atoms with van der Waals surface area (Å²) < 4.78 is 4.69. The van der Waals surface area contributed by atoms with Gasteiger partial charge in [0.05, 0.1) is 7.11 Å². The van der Waals surface area contributed by atoms with E-state index in [2.05, 4.69) is 45.9 Å². The van der Waals surface area contributed by atoms with E-state index in [9.17, 15) is 4.79 Å². The molecule has 3 atom stereocenters. The molecule has 1 aliphatic heterocycles. The van der Waals surface area contributed by atoms with E-state index in [1.807, 2.05) is 6.92 Å². The van der Waals surface area contributed by atoms with Crippen LogP contribution in [0.3, 0.4) is 0 Å². The first-order valence-electron chi connectivity index (χ1n) is 9.87. The molecule has 1 heterocycles. The van der Waals surface area contributed by atoms with Crippen LogP contribution in [0.4, 0.5) is 0 Å². The smallest absolute Gasteiger partial charge is 0.330 e. The first kappa shape index (κ1) is 22.7. The Morgan fingerprint density at radius 1 is 1.15 bits per heavy atom. The minimum Gasteiger partial charge on any atom is -0.466 e. The van der Waals surface area contributed by atoms with Gasteiger partial charge < -0.3 is 4.74 Å². The van der Waals surface area contributed by atoms with Crippen molar-refractivity contribution in [3.05, 3.63) is 36.0 Å². The van der Waals surface area contributed by atoms with Gasteiger partial charge in [-0.25, -0.2) is 14.6 Å². The molecule has 0 aromatic heterocycles. The highest BCUT2D eigenvalue weighted by atomic mass is 17.2. The monoisotopic (exact) mass is 364 g/mol. The summed E-state index contributed by atoms with van der Waals surface area (Å²) in [7, 11) is 1.37. The van der Waals surface area contributed by atoms with Gasteiger partial charge in [-0.05, 0) is 51.0 Å². The molecule has 1 rings (SSSR count). The van der Waals surface area contributed by atoms with Crippen LogP contribution >= 0.6 is 0 Å². The zero-order chi connectivity index (χ0) is 19.6. The van der Waals surface area contributed by atoms with Gasteiger partial charge in [0.1, 0.15) is 11.2 Å². The second-order valence-electron chi connectivity index (χ2n) is 7.24. The normalized spacial score (nSPS) is 28.2. The van der Waals surface area contributed by atoms with Crippen LogP contribution < -0.4 is 0 Å². The second-order valence-corrected chi connectivity index (χ2v) is 7.24. The van der Waals surface area contributed by atoms with Gasteiger partial charge in [0, 0.05) is 12.5 Å². The summed E-state index contributed by atoms with van der Waals surface area (Å²) in [6, 6.07) is 0. The Labute approximate surface area is 159 Å². The molecule has 1 saturated heterocycles. The molecule has 0 unspecified atom stereocenters. The van der Waals surface area contributed by atoms with Crippen molar-refractivity contribution in [2.24, 2.45) is 5.92 Å². The lowest BCUT2D eigenvalue weighted by Crippen LogP contribution is -2.30. The Hall–Kier alpha value is -1.39. The minimum absolute atomic E-state index is 0.379. The number of carbonyl (C=O) groups excluding carboxylic acids is 1. The predicted octanol–water partition coefficient (Wildman–Crippen LogP) is 5.69. The van der Waals surface area contributed by atoms with E-state index in [0.29, 0.717) is 12.3 Å². The molecule has 0 aromatic rings. The number of hydrogen-bond acceptors (Lipinski definition) is 4. The molecular weight excluding hydrogens is 328 g/mol. The summed E-state index contributed by atoms with van der Waals surface area (Å²) in [4.78, 5) is 23.0. The lowest BCUT2D eigenvalue weighted by molar-refractivity contribution is -0.333. The van der Waals surface area contributed by atoms with Crippen LogP contribution in [0.25, 0.3) is 0 Å². The number of esters is 1. The molecular formula is C22H36O4. The first-order valence-corrected chi connectivity index (χ1v) is 9.87. The Morgan fingerprint density at radius 3 is 2.35 bits per heavy atom. The van der Waals surface area contributed by atoms with Crippen molar-refractivity contribution in [1.29, 1.82) is 0 Å². The average Bonchev–Trinajstić information content (AvgIpc) is 3.02. The van der Waals surface area contributed by atoms with E-state index in [0.717, 1.165) is 32.1 Å². The molecule has 1 fully saturated rings. The van der Waals surface area contributed by atoms with E-state index < -0.39 is 11.2 Å². The van der Waals surface area contributed by atoms with E-state index >= 15 is 0 Å². The van der Waals surface area contributed by atoms with Crippen LogP contribution in [0.5, 0.6) is 0 Å². The van der Waals surface area contributed by atoms with Crippen molar-refractivity contribution >= 4 is 5.97 Å². The Balaban J connectivity index is 2.93. The third-order valence-corrected chi connectivity index (χ3v) is 5.16. The fourth-order valence-electron chi connectivity index (χ4n) is 3.37. The van der Waals surface area contributed by atoms with Gasteiger partial charge in [0.2, 0.25) is 0 Å². The molecule has 4 nitrogen and oxygen atoms in total. The number of carbonyl (C=O) groups is 1. The SMILES string of the molecule is CC/C=C/[C@H](CC)C/C(C)=C/[C@@]1(CC)C[C@](/C=C/C(=O)OC)(CC)OO1. The lowest BCUT2D eigenvalue weighted by Gasteiger charge is -2.24. The van der Waals surface area contributed by atoms with Crippen molar-refractivity contribution < 1.29 is 19.3 Å². The summed E-state index contributed by atoms with van der Waals surface area (Å²) in [6.45, 7) is 10.7. The quantitative estimate of drug-likeness (QED) is 0.216. The molecule has 0 bridgehead atoms. The molecule has 0 spiro atoms. The van der Waals surface area contributed by atoms with Gasteiger partial charge in [-0.3, -0.25) is 0 Å². The molecule has 4 heteroatoms. The van der Waals surface area contributed by atoms with Gasteiger partial charge >= 0.3 is 5.97 Å². The van der Waals surface area contributed by atoms with Gasteiger partial charge in [-0.1, -0.05) is 51.5 Å². The molecule has 0 N–H and O–H groups in total. The number of allylic oxidation sites excluding steroid dienone is 3. The maximum absolute atomic E-state index is 11.5. The summed E-state index contributed by atoms with van der Waals surface area (Å²) in [5.41, 5.74) is 0.271. The zero-order valence-corrected chi connectivity index (χ0v) is 17.3. The Morgan fingerprint density at radius 2 is 1.81 bits per heavy atom. The number of methoxy groups -OCH3 is 1. The highest BCUT2D eigenvalue weighted by molar-refractivity contribution is 5.81. The van der Waals surface area contributed by atoms with Crippen LogP contribution in [-0.2, 0) is 19.3 Å². The molecule has 26 heavy (non-hydrogen) atoms. The maximum atomic E-state index is 11.5. The van der Waals surface area contributed by atoms with Gasteiger partial charge in [-0.2, -0.15) is 0 Å². The van der Waals surface area contributed by atoms with Crippen molar-refractivity contribution in [1.82, 2.24) is 0 Å². The topological polar surface area (TPSA) is 44.8 Å². The van der Waals surface area contributed by atoms with Gasteiger partial charge in [0.15, 0.2) is 0 Å². The fraction of sp³-hybridized carbons (Fsp3) is 0.682. The molecule has 0 saturated carbocycles. The molecule has 0 radical (unpaired) electrons. The van der Waals surface area contributed by atoms with Crippen LogP contribution in [-0.4, -0.2) is 24.3 Å². The predicted molar refractivity (Wildman–Crippen MR) is 106 cm³/mol. The lowest BCUT2D eigenvalue weighted by atomic mass is 9.82. The minimum atomic E-state index is -0.590. The number of hydrogen-bond donors (Lipinski definition) is 0. The number of ether oxygens (including phenoxy) is 1. The Kier molecular flexibility index (Phi) is 9.31. The van der Waals surface area contributed by atoms with E-state index in [4.69, 9.17) is 14.5 Å². The maximum Gasteiger partial charge on any atom is 0.330 e. The largest absolute Gasteiger partial charge is 0.466 e. The van der Waals surface area contributed by atoms with E-state index in [1.165, 1.54) is 18.8 Å². The van der Waals surface area contributed by atoms with Crippen LogP contribution in [0.2, 0.25) is 0 Å². The first-order chi connectivity index (χ1) is 12.4. The number of rotatable bonds is 10. The third-order valence-electron chi connectivity index (χ3n) is 5.16. The van der Waals surface area contributed by atoms with Gasteiger partial charge in [0.25, 0.3) is 0 Å². The van der Waals surface area contributed by atoms with Crippen LogP contribution in [0, 0.1) is 5.92 Å². The summed E-state index contributed by atoms with van der Waals surface area (Å²) in [5, 5.41) is 0. The van der Waals surface area contributed by atoms with Crippen molar-refractivity contribution in [3.63, 3.8) is 0 Å². The molecule has 0 aromatic carbocycles. The van der Waals surface area contributed by atoms with Crippen LogP contribution in [0.1, 0.15) is 73.1 Å². The molecule has 0 amide bonds. The summed E-state index contributed by atoms with van der Waals surface area (Å²) >= 11 is 0. The van der Waals surface area contributed by atoms with Gasteiger partial charge in [-0.15, -0.1) is 0 Å². The molecule has 0 aliphatic carbocycles. The van der Waals surface area contributed by atoms with Crippen molar-refractivity contribution in [3.8, 4) is 0 Å². The Bertz CT molecular complexity index is 534.